The van der Waals surface area contributed by atoms with Crippen LogP contribution in [0.15, 0.2) is 30.3 Å². The van der Waals surface area contributed by atoms with Crippen molar-refractivity contribution in [3.8, 4) is 0 Å². The highest BCUT2D eigenvalue weighted by Gasteiger charge is 2.24. The Morgan fingerprint density at radius 1 is 1.17 bits per heavy atom. The molecule has 1 aliphatic heterocycles. The van der Waals surface area contributed by atoms with Gasteiger partial charge in [0.25, 0.3) is 5.69 Å². The predicted molar refractivity (Wildman–Crippen MR) is 90.1 cm³/mol. The number of amides is 2. The van der Waals surface area contributed by atoms with Gasteiger partial charge in [-0.2, -0.15) is 0 Å². The molecule has 0 bridgehead atoms. The van der Waals surface area contributed by atoms with Crippen molar-refractivity contribution in [2.24, 2.45) is 5.92 Å². The Hall–Kier alpha value is -2.70. The van der Waals surface area contributed by atoms with Crippen LogP contribution in [0.3, 0.4) is 0 Å². The Morgan fingerprint density at radius 3 is 2.38 bits per heavy atom. The van der Waals surface area contributed by atoms with Crippen LogP contribution in [0.4, 0.5) is 5.69 Å². The molecule has 1 saturated heterocycles. The van der Waals surface area contributed by atoms with Gasteiger partial charge in [-0.15, -0.1) is 0 Å². The van der Waals surface area contributed by atoms with Gasteiger partial charge in [-0.3, -0.25) is 19.7 Å². The van der Waals surface area contributed by atoms with Crippen molar-refractivity contribution < 1.29 is 14.5 Å². The zero-order valence-corrected chi connectivity index (χ0v) is 13.8. The SMILES string of the molecule is CC(C)C(=O)N1CCN(C(=O)/C=C/c2cccc([N+](=O)[O-])c2)CC1. The van der Waals surface area contributed by atoms with Crippen molar-refractivity contribution in [1.29, 1.82) is 0 Å². The maximum Gasteiger partial charge on any atom is 0.270 e. The first-order valence-electron chi connectivity index (χ1n) is 7.88. The molecule has 0 atom stereocenters. The monoisotopic (exact) mass is 331 g/mol. The number of carbonyl (C=O) groups excluding carboxylic acids is 2. The van der Waals surface area contributed by atoms with Gasteiger partial charge in [-0.1, -0.05) is 26.0 Å². The Bertz CT molecular complexity index is 662. The van der Waals surface area contributed by atoms with Crippen molar-refractivity contribution in [1.82, 2.24) is 9.80 Å². The van der Waals surface area contributed by atoms with E-state index in [-0.39, 0.29) is 23.4 Å². The molecule has 1 aliphatic rings. The van der Waals surface area contributed by atoms with Crippen LogP contribution in [0.2, 0.25) is 0 Å². The molecule has 2 amide bonds. The number of rotatable bonds is 4. The average Bonchev–Trinajstić information content (AvgIpc) is 2.59. The van der Waals surface area contributed by atoms with Crippen LogP contribution in [0, 0.1) is 16.0 Å². The Labute approximate surface area is 140 Å². The van der Waals surface area contributed by atoms with Crippen LogP contribution in [0.1, 0.15) is 19.4 Å². The van der Waals surface area contributed by atoms with E-state index in [1.165, 1.54) is 18.2 Å². The van der Waals surface area contributed by atoms with Crippen LogP contribution >= 0.6 is 0 Å². The fourth-order valence-electron chi connectivity index (χ4n) is 2.53. The van der Waals surface area contributed by atoms with E-state index in [9.17, 15) is 19.7 Å². The molecule has 128 valence electrons. The summed E-state index contributed by atoms with van der Waals surface area (Å²) in [6, 6.07) is 6.11. The first-order valence-corrected chi connectivity index (χ1v) is 7.88. The minimum Gasteiger partial charge on any atom is -0.339 e. The first kappa shape index (κ1) is 17.7. The molecular weight excluding hydrogens is 310 g/mol. The van der Waals surface area contributed by atoms with Gasteiger partial charge in [0.15, 0.2) is 0 Å². The molecule has 7 nitrogen and oxygen atoms in total. The van der Waals surface area contributed by atoms with E-state index >= 15 is 0 Å². The molecule has 0 aromatic heterocycles. The molecule has 0 aliphatic carbocycles. The summed E-state index contributed by atoms with van der Waals surface area (Å²) in [4.78, 5) is 37.9. The summed E-state index contributed by atoms with van der Waals surface area (Å²) in [5, 5.41) is 10.7. The smallest absolute Gasteiger partial charge is 0.270 e. The summed E-state index contributed by atoms with van der Waals surface area (Å²) in [6.07, 6.45) is 2.99. The van der Waals surface area contributed by atoms with E-state index in [1.807, 2.05) is 13.8 Å². The lowest BCUT2D eigenvalue weighted by Gasteiger charge is -2.35. The van der Waals surface area contributed by atoms with Crippen molar-refractivity contribution in [2.75, 3.05) is 26.2 Å². The maximum atomic E-state index is 12.2. The summed E-state index contributed by atoms with van der Waals surface area (Å²) in [5.74, 6) is -0.0894. The first-order chi connectivity index (χ1) is 11.4. The van der Waals surface area contributed by atoms with Crippen molar-refractivity contribution in [2.45, 2.75) is 13.8 Å². The lowest BCUT2D eigenvalue weighted by atomic mass is 10.1. The van der Waals surface area contributed by atoms with Gasteiger partial charge in [-0.05, 0) is 11.6 Å². The van der Waals surface area contributed by atoms with E-state index in [2.05, 4.69) is 0 Å². The second-order valence-corrected chi connectivity index (χ2v) is 5.99. The lowest BCUT2D eigenvalue weighted by molar-refractivity contribution is -0.384. The van der Waals surface area contributed by atoms with Crippen molar-refractivity contribution in [3.63, 3.8) is 0 Å². The van der Waals surface area contributed by atoms with Crippen LogP contribution in [-0.2, 0) is 9.59 Å². The molecule has 0 saturated carbocycles. The number of hydrogen-bond donors (Lipinski definition) is 0. The average molecular weight is 331 g/mol. The van der Waals surface area contributed by atoms with E-state index in [4.69, 9.17) is 0 Å². The van der Waals surface area contributed by atoms with E-state index in [0.717, 1.165) is 0 Å². The summed E-state index contributed by atoms with van der Waals surface area (Å²) in [5.41, 5.74) is 0.594. The van der Waals surface area contributed by atoms with Crippen LogP contribution in [-0.4, -0.2) is 52.7 Å². The maximum absolute atomic E-state index is 12.2. The molecule has 0 radical (unpaired) electrons. The number of nitrogens with zero attached hydrogens (tertiary/aromatic N) is 3. The zero-order chi connectivity index (χ0) is 17.7. The number of hydrogen-bond acceptors (Lipinski definition) is 4. The highest BCUT2D eigenvalue weighted by molar-refractivity contribution is 5.92. The summed E-state index contributed by atoms with van der Waals surface area (Å²) < 4.78 is 0. The number of benzene rings is 1. The molecule has 1 aromatic rings. The third-order valence-electron chi connectivity index (χ3n) is 3.90. The Balaban J connectivity index is 1.93. The van der Waals surface area contributed by atoms with Gasteiger partial charge in [-0.25, -0.2) is 0 Å². The fraction of sp³-hybridized carbons (Fsp3) is 0.412. The molecule has 1 heterocycles. The van der Waals surface area contributed by atoms with Crippen molar-refractivity contribution >= 4 is 23.6 Å². The van der Waals surface area contributed by atoms with Gasteiger partial charge in [0.05, 0.1) is 4.92 Å². The summed E-state index contributed by atoms with van der Waals surface area (Å²) >= 11 is 0. The van der Waals surface area contributed by atoms with Gasteiger partial charge in [0.2, 0.25) is 11.8 Å². The molecule has 0 spiro atoms. The second kappa shape index (κ2) is 7.72. The second-order valence-electron chi connectivity index (χ2n) is 5.99. The van der Waals surface area contributed by atoms with Crippen LogP contribution in [0.25, 0.3) is 6.08 Å². The van der Waals surface area contributed by atoms with Crippen LogP contribution in [0.5, 0.6) is 0 Å². The molecule has 24 heavy (non-hydrogen) atoms. The molecule has 0 N–H and O–H groups in total. The summed E-state index contributed by atoms with van der Waals surface area (Å²) in [7, 11) is 0. The molecule has 2 rings (SSSR count). The Morgan fingerprint density at radius 2 is 1.79 bits per heavy atom. The number of carbonyl (C=O) groups is 2. The van der Waals surface area contributed by atoms with E-state index in [0.29, 0.717) is 31.7 Å². The van der Waals surface area contributed by atoms with Crippen LogP contribution < -0.4 is 0 Å². The number of non-ortho nitro benzene ring substituents is 1. The molecule has 1 aromatic carbocycles. The topological polar surface area (TPSA) is 83.8 Å². The zero-order valence-electron chi connectivity index (χ0n) is 13.8. The van der Waals surface area contributed by atoms with Gasteiger partial charge >= 0.3 is 0 Å². The van der Waals surface area contributed by atoms with Gasteiger partial charge in [0, 0.05) is 50.3 Å². The normalized spacial score (nSPS) is 15.1. The summed E-state index contributed by atoms with van der Waals surface area (Å²) in [6.45, 7) is 5.79. The quantitative estimate of drug-likeness (QED) is 0.479. The number of nitro benzene ring substituents is 1. The molecule has 7 heteroatoms. The van der Waals surface area contributed by atoms with Gasteiger partial charge in [0.1, 0.15) is 0 Å². The van der Waals surface area contributed by atoms with E-state index in [1.54, 1.807) is 28.0 Å². The Kier molecular flexibility index (Phi) is 5.68. The van der Waals surface area contributed by atoms with E-state index < -0.39 is 4.92 Å². The highest BCUT2D eigenvalue weighted by atomic mass is 16.6. The molecule has 1 fully saturated rings. The standard InChI is InChI=1S/C17H21N3O4/c1-13(2)17(22)19-10-8-18(9-11-19)16(21)7-6-14-4-3-5-15(12-14)20(23)24/h3-7,12-13H,8-11H2,1-2H3/b7-6+. The fourth-order valence-corrected chi connectivity index (χ4v) is 2.53. The largest absolute Gasteiger partial charge is 0.339 e. The number of nitro groups is 1. The predicted octanol–water partition coefficient (Wildman–Crippen LogP) is 1.93. The van der Waals surface area contributed by atoms with Crippen molar-refractivity contribution in [3.05, 3.63) is 46.0 Å². The highest BCUT2D eigenvalue weighted by Crippen LogP contribution is 2.14. The lowest BCUT2D eigenvalue weighted by Crippen LogP contribution is -2.51. The minimum absolute atomic E-state index is 0.00888. The third kappa shape index (κ3) is 4.41. The minimum atomic E-state index is -0.468. The molecule has 0 unspecified atom stereocenters. The third-order valence-corrected chi connectivity index (χ3v) is 3.90. The molecular formula is C17H21N3O4. The number of piperazine rings is 1. The van der Waals surface area contributed by atoms with Gasteiger partial charge < -0.3 is 9.80 Å².